The molecular formula is C27H28O7S. The predicted molar refractivity (Wildman–Crippen MR) is 128 cm³/mol. The van der Waals surface area contributed by atoms with Gasteiger partial charge in [-0.25, -0.2) is 8.37 Å². The molecule has 1 heterocycles. The van der Waals surface area contributed by atoms with Gasteiger partial charge in [-0.1, -0.05) is 91.0 Å². The van der Waals surface area contributed by atoms with Gasteiger partial charge in [0.15, 0.2) is 0 Å². The van der Waals surface area contributed by atoms with E-state index in [1.165, 1.54) is 0 Å². The summed E-state index contributed by atoms with van der Waals surface area (Å²) in [6, 6.07) is 29.3. The standard InChI is InChI=1S/C27H28O7S/c28-35(29)33-24-16-23(30-17-20-10-4-1-5-11-20)25(31-18-21-12-6-2-7-13-21)27(26(24)34-35)32-19-22-14-8-3-9-15-22/h1-15,23-27H,16-19H2/t23-,24+,25+,26+,27-/m0/s1. The normalized spacial score (nSPS) is 27.4. The molecule has 0 amide bonds. The molecule has 35 heavy (non-hydrogen) atoms. The molecule has 0 bridgehead atoms. The number of rotatable bonds is 9. The van der Waals surface area contributed by atoms with Gasteiger partial charge in [0.2, 0.25) is 0 Å². The second-order valence-corrected chi connectivity index (χ2v) is 9.90. The van der Waals surface area contributed by atoms with Crippen molar-refractivity contribution in [3.05, 3.63) is 108 Å². The summed E-state index contributed by atoms with van der Waals surface area (Å²) >= 11 is 0. The molecular weight excluding hydrogens is 468 g/mol. The molecule has 5 rings (SSSR count). The Morgan fingerprint density at radius 3 is 1.60 bits per heavy atom. The van der Waals surface area contributed by atoms with Gasteiger partial charge in [0, 0.05) is 6.42 Å². The Morgan fingerprint density at radius 1 is 0.629 bits per heavy atom. The van der Waals surface area contributed by atoms with Crippen molar-refractivity contribution in [1.82, 2.24) is 0 Å². The average molecular weight is 497 g/mol. The van der Waals surface area contributed by atoms with Gasteiger partial charge in [-0.2, -0.15) is 8.42 Å². The fourth-order valence-electron chi connectivity index (χ4n) is 4.49. The van der Waals surface area contributed by atoms with Gasteiger partial charge in [0.1, 0.15) is 24.4 Å². The van der Waals surface area contributed by atoms with Crippen LogP contribution >= 0.6 is 0 Å². The second-order valence-electron chi connectivity index (χ2n) is 8.70. The van der Waals surface area contributed by atoms with Crippen molar-refractivity contribution in [2.45, 2.75) is 56.8 Å². The molecule has 1 saturated carbocycles. The summed E-state index contributed by atoms with van der Waals surface area (Å²) in [7, 11) is -4.12. The first-order chi connectivity index (χ1) is 17.1. The zero-order valence-electron chi connectivity index (χ0n) is 19.1. The zero-order chi connectivity index (χ0) is 24.1. The smallest absolute Gasteiger partial charge is 0.371 e. The van der Waals surface area contributed by atoms with Crippen molar-refractivity contribution in [2.75, 3.05) is 0 Å². The summed E-state index contributed by atoms with van der Waals surface area (Å²) in [5.74, 6) is 0. The maximum atomic E-state index is 12.2. The molecule has 1 aliphatic heterocycles. The molecule has 2 fully saturated rings. The topological polar surface area (TPSA) is 80.3 Å². The van der Waals surface area contributed by atoms with Crippen LogP contribution in [-0.2, 0) is 52.8 Å². The van der Waals surface area contributed by atoms with Crippen LogP contribution in [0.1, 0.15) is 23.1 Å². The van der Waals surface area contributed by atoms with Crippen molar-refractivity contribution >= 4 is 10.4 Å². The van der Waals surface area contributed by atoms with Gasteiger partial charge in [0.25, 0.3) is 0 Å². The first-order valence-electron chi connectivity index (χ1n) is 11.7. The van der Waals surface area contributed by atoms with E-state index in [9.17, 15) is 8.42 Å². The van der Waals surface area contributed by atoms with Crippen LogP contribution in [0.5, 0.6) is 0 Å². The van der Waals surface area contributed by atoms with Crippen molar-refractivity contribution in [2.24, 2.45) is 0 Å². The summed E-state index contributed by atoms with van der Waals surface area (Å²) in [6.45, 7) is 0.953. The van der Waals surface area contributed by atoms with Crippen LogP contribution in [0.4, 0.5) is 0 Å². The lowest BCUT2D eigenvalue weighted by atomic mass is 9.86. The highest BCUT2D eigenvalue weighted by molar-refractivity contribution is 7.82. The van der Waals surface area contributed by atoms with E-state index in [0.29, 0.717) is 19.6 Å². The van der Waals surface area contributed by atoms with E-state index < -0.39 is 40.9 Å². The number of hydrogen-bond acceptors (Lipinski definition) is 7. The van der Waals surface area contributed by atoms with Gasteiger partial charge < -0.3 is 14.2 Å². The molecule has 0 N–H and O–H groups in total. The van der Waals surface area contributed by atoms with Crippen LogP contribution in [0.3, 0.4) is 0 Å². The highest BCUT2D eigenvalue weighted by Crippen LogP contribution is 2.38. The molecule has 3 aromatic rings. The monoisotopic (exact) mass is 496 g/mol. The lowest BCUT2D eigenvalue weighted by molar-refractivity contribution is -0.206. The van der Waals surface area contributed by atoms with Gasteiger partial charge in [-0.05, 0) is 16.7 Å². The van der Waals surface area contributed by atoms with E-state index >= 15 is 0 Å². The third-order valence-corrected chi connectivity index (χ3v) is 7.13. The first kappa shape index (κ1) is 24.1. The summed E-state index contributed by atoms with van der Waals surface area (Å²) in [5, 5.41) is 0. The number of ether oxygens (including phenoxy) is 3. The quantitative estimate of drug-likeness (QED) is 0.440. The first-order valence-corrected chi connectivity index (χ1v) is 13.0. The minimum absolute atomic E-state index is 0.273. The van der Waals surface area contributed by atoms with Crippen LogP contribution in [0.2, 0.25) is 0 Å². The van der Waals surface area contributed by atoms with E-state index in [2.05, 4.69) is 0 Å². The maximum absolute atomic E-state index is 12.2. The molecule has 184 valence electrons. The molecule has 1 saturated heterocycles. The largest absolute Gasteiger partial charge is 0.400 e. The van der Waals surface area contributed by atoms with E-state index in [-0.39, 0.29) is 6.61 Å². The molecule has 5 atom stereocenters. The van der Waals surface area contributed by atoms with Gasteiger partial charge in [0.05, 0.1) is 25.9 Å². The van der Waals surface area contributed by atoms with Crippen molar-refractivity contribution in [1.29, 1.82) is 0 Å². The highest BCUT2D eigenvalue weighted by atomic mass is 32.3. The highest BCUT2D eigenvalue weighted by Gasteiger charge is 2.55. The third kappa shape index (κ3) is 6.16. The van der Waals surface area contributed by atoms with E-state index in [1.807, 2.05) is 91.0 Å². The Hall–Kier alpha value is -2.59. The summed E-state index contributed by atoms with van der Waals surface area (Å²) in [6.07, 6.45) is -2.96. The minimum Gasteiger partial charge on any atom is -0.371 e. The zero-order valence-corrected chi connectivity index (χ0v) is 20.0. The molecule has 8 heteroatoms. The fourth-order valence-corrected chi connectivity index (χ4v) is 5.54. The van der Waals surface area contributed by atoms with Crippen LogP contribution < -0.4 is 0 Å². The Balaban J connectivity index is 1.40. The van der Waals surface area contributed by atoms with E-state index in [4.69, 9.17) is 22.6 Å². The Bertz CT molecular complexity index is 1170. The fraction of sp³-hybridized carbons (Fsp3) is 0.333. The van der Waals surface area contributed by atoms with Gasteiger partial charge in [-0.3, -0.25) is 0 Å². The maximum Gasteiger partial charge on any atom is 0.400 e. The van der Waals surface area contributed by atoms with Crippen LogP contribution in [0.15, 0.2) is 91.0 Å². The molecule has 3 aromatic carbocycles. The summed E-state index contributed by atoms with van der Waals surface area (Å²) in [5.41, 5.74) is 2.96. The molecule has 1 aliphatic carbocycles. The van der Waals surface area contributed by atoms with Crippen LogP contribution in [0, 0.1) is 0 Å². The Morgan fingerprint density at radius 2 is 1.09 bits per heavy atom. The number of fused-ring (bicyclic) bond motifs is 1. The average Bonchev–Trinajstić information content (AvgIpc) is 3.20. The predicted octanol–water partition coefficient (Wildman–Crippen LogP) is 4.18. The van der Waals surface area contributed by atoms with Crippen molar-refractivity contribution in [3.63, 3.8) is 0 Å². The van der Waals surface area contributed by atoms with Gasteiger partial charge in [-0.15, -0.1) is 0 Å². The molecule has 2 aliphatic rings. The van der Waals surface area contributed by atoms with Crippen LogP contribution in [0.25, 0.3) is 0 Å². The molecule has 0 unspecified atom stereocenters. The minimum atomic E-state index is -4.12. The Kier molecular flexibility index (Phi) is 7.57. The molecule has 0 aromatic heterocycles. The Labute approximate surface area is 205 Å². The van der Waals surface area contributed by atoms with E-state index in [0.717, 1.165) is 16.7 Å². The molecule has 0 radical (unpaired) electrons. The van der Waals surface area contributed by atoms with E-state index in [1.54, 1.807) is 0 Å². The molecule has 0 spiro atoms. The number of hydrogen-bond donors (Lipinski definition) is 0. The SMILES string of the molecule is O=S1(=O)O[C@H]2[C@@H](OCc3ccccc3)[C@H](OCc3ccccc3)[C@@H](OCc3ccccc3)C[C@H]2O1. The summed E-state index contributed by atoms with van der Waals surface area (Å²) in [4.78, 5) is 0. The second kappa shape index (κ2) is 11.0. The van der Waals surface area contributed by atoms with Crippen molar-refractivity contribution < 1.29 is 31.0 Å². The third-order valence-electron chi connectivity index (χ3n) is 6.19. The van der Waals surface area contributed by atoms with Crippen LogP contribution in [-0.4, -0.2) is 38.9 Å². The molecule has 7 nitrogen and oxygen atoms in total. The lowest BCUT2D eigenvalue weighted by Gasteiger charge is -2.41. The lowest BCUT2D eigenvalue weighted by Crippen LogP contribution is -2.57. The summed E-state index contributed by atoms with van der Waals surface area (Å²) < 4.78 is 54.0. The van der Waals surface area contributed by atoms with Crippen molar-refractivity contribution in [3.8, 4) is 0 Å². The number of benzene rings is 3. The van der Waals surface area contributed by atoms with Gasteiger partial charge >= 0.3 is 10.4 Å².